The van der Waals surface area contributed by atoms with Crippen LogP contribution < -0.4 is 9.64 Å². The molecule has 10 heteroatoms. The number of carboxylic acid groups (broad SMARTS) is 1. The van der Waals surface area contributed by atoms with Crippen LogP contribution >= 0.6 is 0 Å². The van der Waals surface area contributed by atoms with E-state index in [1.807, 2.05) is 24.0 Å². The largest absolute Gasteiger partial charge is 0.573 e. The molecule has 3 unspecified atom stereocenters. The number of hydrogen-bond acceptors (Lipinski definition) is 4. The normalized spacial score (nSPS) is 22.2. The summed E-state index contributed by atoms with van der Waals surface area (Å²) in [6.45, 7) is 2.03. The molecule has 1 aliphatic heterocycles. The first-order chi connectivity index (χ1) is 18.6. The van der Waals surface area contributed by atoms with Crippen molar-refractivity contribution >= 4 is 23.5 Å². The van der Waals surface area contributed by atoms with Gasteiger partial charge in [-0.2, -0.15) is 0 Å². The van der Waals surface area contributed by atoms with Crippen LogP contribution in [0.15, 0.2) is 42.5 Å². The van der Waals surface area contributed by atoms with Crippen LogP contribution in [-0.4, -0.2) is 46.2 Å². The van der Waals surface area contributed by atoms with Gasteiger partial charge in [0.2, 0.25) is 5.91 Å². The smallest absolute Gasteiger partial charge is 0.481 e. The first-order valence-corrected chi connectivity index (χ1v) is 13.4. The molecule has 3 aliphatic rings. The van der Waals surface area contributed by atoms with Gasteiger partial charge in [0.1, 0.15) is 5.75 Å². The van der Waals surface area contributed by atoms with Crippen LogP contribution in [0.3, 0.4) is 0 Å². The van der Waals surface area contributed by atoms with Gasteiger partial charge in [-0.15, -0.1) is 13.2 Å². The Balaban J connectivity index is 1.54. The fourth-order valence-corrected chi connectivity index (χ4v) is 6.18. The van der Waals surface area contributed by atoms with Gasteiger partial charge in [-0.25, -0.2) is 0 Å². The fraction of sp³-hybridized carbons (Fsp3) is 0.483. The summed E-state index contributed by atoms with van der Waals surface area (Å²) < 4.78 is 41.8. The van der Waals surface area contributed by atoms with Crippen LogP contribution in [0.25, 0.3) is 0 Å². The van der Waals surface area contributed by atoms with Gasteiger partial charge in [0.25, 0.3) is 5.91 Å². The molecule has 2 aromatic carbocycles. The summed E-state index contributed by atoms with van der Waals surface area (Å²) in [6.07, 6.45) is -0.225. The van der Waals surface area contributed by atoms with Gasteiger partial charge in [0.05, 0.1) is 12.5 Å². The van der Waals surface area contributed by atoms with Gasteiger partial charge >= 0.3 is 12.3 Å². The molecule has 2 amide bonds. The molecule has 0 aromatic heterocycles. The summed E-state index contributed by atoms with van der Waals surface area (Å²) in [4.78, 5) is 42.2. The molecule has 0 saturated heterocycles. The SMILES string of the molecule is CCc1ccc2c(c1)C(N(C(=O)CCC(=O)O)C1CC1)C1CCCC1N2C(=O)c1ccc(OC(F)(F)F)cc1. The number of amides is 2. The second kappa shape index (κ2) is 10.5. The molecule has 2 aromatic rings. The maximum atomic E-state index is 13.9. The van der Waals surface area contributed by atoms with Gasteiger partial charge in [0, 0.05) is 35.7 Å². The summed E-state index contributed by atoms with van der Waals surface area (Å²) in [5.41, 5.74) is 2.87. The molecule has 208 valence electrons. The quantitative estimate of drug-likeness (QED) is 0.449. The number of aliphatic carboxylic acids is 1. The van der Waals surface area contributed by atoms with Gasteiger partial charge < -0.3 is 19.6 Å². The topological polar surface area (TPSA) is 87.2 Å². The monoisotopic (exact) mass is 544 g/mol. The zero-order valence-corrected chi connectivity index (χ0v) is 21.6. The van der Waals surface area contributed by atoms with Crippen molar-refractivity contribution in [3.8, 4) is 5.75 Å². The maximum absolute atomic E-state index is 13.9. The number of carboxylic acids is 1. The Bertz CT molecular complexity index is 1260. The number of alkyl halides is 3. The number of benzene rings is 2. The summed E-state index contributed by atoms with van der Waals surface area (Å²) in [5.74, 6) is -1.94. The van der Waals surface area contributed by atoms with Gasteiger partial charge in [-0.1, -0.05) is 25.5 Å². The first-order valence-electron chi connectivity index (χ1n) is 13.4. The standard InChI is InChI=1S/C29H31F3N2O5/c1-2-17-6-13-24-22(16-17)27(33(19-9-10-19)25(35)14-15-26(36)37)21-4-3-5-23(21)34(24)28(38)18-7-11-20(12-8-18)39-29(30,31)32/h6-8,11-13,16,19,21,23,27H,2-5,9-10,14-15H2,1H3,(H,36,37). The van der Waals surface area contributed by atoms with E-state index in [0.29, 0.717) is 5.69 Å². The number of halogens is 3. The predicted octanol–water partition coefficient (Wildman–Crippen LogP) is 5.87. The van der Waals surface area contributed by atoms with E-state index < -0.39 is 18.1 Å². The Hall–Kier alpha value is -3.56. The second-order valence-corrected chi connectivity index (χ2v) is 10.5. The van der Waals surface area contributed by atoms with Crippen LogP contribution in [0.2, 0.25) is 0 Å². The Morgan fingerprint density at radius 1 is 1.03 bits per heavy atom. The van der Waals surface area contributed by atoms with E-state index in [-0.39, 0.29) is 54.3 Å². The minimum atomic E-state index is -4.82. The molecular weight excluding hydrogens is 513 g/mol. The maximum Gasteiger partial charge on any atom is 0.573 e. The fourth-order valence-electron chi connectivity index (χ4n) is 6.18. The molecule has 1 N–H and O–H groups in total. The van der Waals surface area contributed by atoms with E-state index in [4.69, 9.17) is 0 Å². The molecule has 3 atom stereocenters. The van der Waals surface area contributed by atoms with Crippen molar-refractivity contribution in [2.45, 2.75) is 82.8 Å². The molecule has 0 spiro atoms. The van der Waals surface area contributed by atoms with Gasteiger partial charge in [-0.05, 0) is 73.6 Å². The van der Waals surface area contributed by atoms with Crippen molar-refractivity contribution in [1.29, 1.82) is 0 Å². The summed E-state index contributed by atoms with van der Waals surface area (Å²) in [5, 5.41) is 9.18. The van der Waals surface area contributed by atoms with Gasteiger partial charge in [0.15, 0.2) is 0 Å². The minimum Gasteiger partial charge on any atom is -0.481 e. The molecule has 0 bridgehead atoms. The van der Waals surface area contributed by atoms with E-state index in [1.54, 1.807) is 4.90 Å². The van der Waals surface area contributed by atoms with E-state index in [0.717, 1.165) is 61.8 Å². The van der Waals surface area contributed by atoms with Crippen LogP contribution in [0.4, 0.5) is 18.9 Å². The number of ether oxygens (including phenoxy) is 1. The van der Waals surface area contributed by atoms with Crippen molar-refractivity contribution in [1.82, 2.24) is 4.90 Å². The third kappa shape index (κ3) is 5.60. The number of nitrogens with zero attached hydrogens (tertiary/aromatic N) is 2. The average molecular weight is 545 g/mol. The lowest BCUT2D eigenvalue weighted by molar-refractivity contribution is -0.274. The second-order valence-electron chi connectivity index (χ2n) is 10.5. The molecule has 1 heterocycles. The van der Waals surface area contributed by atoms with Crippen LogP contribution in [0.5, 0.6) is 5.75 Å². The predicted molar refractivity (Wildman–Crippen MR) is 136 cm³/mol. The highest BCUT2D eigenvalue weighted by Gasteiger charge is 2.51. The number of carbonyl (C=O) groups is 3. The highest BCUT2D eigenvalue weighted by Crippen LogP contribution is 2.53. The zero-order chi connectivity index (χ0) is 27.9. The number of hydrogen-bond donors (Lipinski definition) is 1. The Labute approximate surface area is 224 Å². The first kappa shape index (κ1) is 27.0. The number of aryl methyl sites for hydroxylation is 1. The summed E-state index contributed by atoms with van der Waals surface area (Å²) in [7, 11) is 0. The number of carbonyl (C=O) groups excluding carboxylic acids is 2. The van der Waals surface area contributed by atoms with E-state index >= 15 is 0 Å². The van der Waals surface area contributed by atoms with E-state index in [2.05, 4.69) is 10.8 Å². The summed E-state index contributed by atoms with van der Waals surface area (Å²) in [6, 6.07) is 10.5. The number of rotatable bonds is 8. The third-order valence-corrected chi connectivity index (χ3v) is 7.98. The van der Waals surface area contributed by atoms with Gasteiger partial charge in [-0.3, -0.25) is 14.4 Å². The Morgan fingerprint density at radius 2 is 1.74 bits per heavy atom. The molecule has 7 nitrogen and oxygen atoms in total. The highest BCUT2D eigenvalue weighted by molar-refractivity contribution is 6.07. The molecule has 2 fully saturated rings. The van der Waals surface area contributed by atoms with Crippen molar-refractivity contribution in [2.24, 2.45) is 5.92 Å². The lowest BCUT2D eigenvalue weighted by Gasteiger charge is -2.48. The number of fused-ring (bicyclic) bond motifs is 2. The van der Waals surface area contributed by atoms with E-state index in [1.165, 1.54) is 12.1 Å². The Kier molecular flexibility index (Phi) is 7.31. The molecular formula is C29H31F3N2O5. The lowest BCUT2D eigenvalue weighted by atomic mass is 9.80. The molecule has 2 aliphatic carbocycles. The molecule has 39 heavy (non-hydrogen) atoms. The van der Waals surface area contributed by atoms with Crippen molar-refractivity contribution in [3.63, 3.8) is 0 Å². The minimum absolute atomic E-state index is 0.0317. The van der Waals surface area contributed by atoms with Crippen molar-refractivity contribution in [3.05, 3.63) is 59.2 Å². The van der Waals surface area contributed by atoms with Crippen molar-refractivity contribution in [2.75, 3.05) is 4.90 Å². The molecule has 2 saturated carbocycles. The molecule has 5 rings (SSSR count). The summed E-state index contributed by atoms with van der Waals surface area (Å²) >= 11 is 0. The molecule has 0 radical (unpaired) electrons. The van der Waals surface area contributed by atoms with E-state index in [9.17, 15) is 32.7 Å². The Morgan fingerprint density at radius 3 is 2.36 bits per heavy atom. The van der Waals surface area contributed by atoms with Crippen molar-refractivity contribution < 1.29 is 37.4 Å². The highest BCUT2D eigenvalue weighted by atomic mass is 19.4. The van der Waals surface area contributed by atoms with Crippen LogP contribution in [0, 0.1) is 5.92 Å². The van der Waals surface area contributed by atoms with Crippen LogP contribution in [-0.2, 0) is 16.0 Å². The number of anilines is 1. The zero-order valence-electron chi connectivity index (χ0n) is 21.6. The third-order valence-electron chi connectivity index (χ3n) is 7.98. The van der Waals surface area contributed by atoms with Crippen LogP contribution in [0.1, 0.15) is 79.4 Å². The average Bonchev–Trinajstić information content (AvgIpc) is 3.61. The lowest BCUT2D eigenvalue weighted by Crippen LogP contribution is -2.53.